The average molecular weight is 301 g/mol. The predicted molar refractivity (Wildman–Crippen MR) is 87.8 cm³/mol. The third-order valence-electron chi connectivity index (χ3n) is 5.20. The molecule has 2 unspecified atom stereocenters. The van der Waals surface area contributed by atoms with Gasteiger partial charge in [-0.05, 0) is 55.1 Å². The topological polar surface area (TPSA) is 49.3 Å². The molecule has 2 saturated carbocycles. The van der Waals surface area contributed by atoms with Crippen LogP contribution in [0.2, 0.25) is 0 Å². The molecule has 2 aliphatic rings. The smallest absolute Gasteiger partial charge is 0.223 e. The molecule has 0 heterocycles. The fourth-order valence-electron chi connectivity index (χ4n) is 3.51. The minimum absolute atomic E-state index is 0.150. The highest BCUT2D eigenvalue weighted by molar-refractivity contribution is 5.83. The number of hydrogen-bond donors (Lipinski definition) is 2. The highest BCUT2D eigenvalue weighted by Gasteiger charge is 2.44. The van der Waals surface area contributed by atoms with Crippen molar-refractivity contribution in [2.75, 3.05) is 0 Å². The zero-order valence-electron chi connectivity index (χ0n) is 13.6. The van der Waals surface area contributed by atoms with Gasteiger partial charge in [0.2, 0.25) is 5.91 Å². The molecule has 0 aliphatic heterocycles. The van der Waals surface area contributed by atoms with Crippen molar-refractivity contribution in [2.24, 2.45) is 5.92 Å². The number of carbonyl (C=O) groups is 1. The van der Waals surface area contributed by atoms with E-state index in [1.165, 1.54) is 11.1 Å². The van der Waals surface area contributed by atoms with Crippen LogP contribution < -0.4 is 5.32 Å². The highest BCUT2D eigenvalue weighted by Crippen LogP contribution is 2.47. The highest BCUT2D eigenvalue weighted by atomic mass is 16.3. The summed E-state index contributed by atoms with van der Waals surface area (Å²) in [5, 5.41) is 12.7. The van der Waals surface area contributed by atoms with E-state index in [0.29, 0.717) is 11.8 Å². The second-order valence-electron chi connectivity index (χ2n) is 7.28. The van der Waals surface area contributed by atoms with E-state index in [9.17, 15) is 9.90 Å². The van der Waals surface area contributed by atoms with Gasteiger partial charge in [0.1, 0.15) is 0 Å². The second kappa shape index (κ2) is 6.41. The molecule has 2 N–H and O–H groups in total. The second-order valence-corrected chi connectivity index (χ2v) is 7.28. The first kappa shape index (κ1) is 15.5. The van der Waals surface area contributed by atoms with Crippen molar-refractivity contribution in [3.63, 3.8) is 0 Å². The molecule has 1 aromatic carbocycles. The van der Waals surface area contributed by atoms with E-state index in [4.69, 9.17) is 0 Å². The van der Waals surface area contributed by atoms with Crippen LogP contribution in [0.4, 0.5) is 0 Å². The number of rotatable bonds is 4. The molecule has 2 fully saturated rings. The number of carbonyl (C=O) groups excluding carboxylic acids is 1. The van der Waals surface area contributed by atoms with Gasteiger partial charge in [0.15, 0.2) is 0 Å². The Morgan fingerprint density at radius 1 is 1.14 bits per heavy atom. The first-order chi connectivity index (χ1) is 10.5. The molecular weight excluding hydrogens is 274 g/mol. The summed E-state index contributed by atoms with van der Waals surface area (Å²) in [6.45, 7) is 4.40. The summed E-state index contributed by atoms with van der Waals surface area (Å²) in [5.41, 5.74) is 2.65. The quantitative estimate of drug-likeness (QED) is 0.896. The van der Waals surface area contributed by atoms with Gasteiger partial charge in [0.25, 0.3) is 0 Å². The lowest BCUT2D eigenvalue weighted by molar-refractivity contribution is -0.123. The molecule has 3 nitrogen and oxygen atoms in total. The lowest BCUT2D eigenvalue weighted by Gasteiger charge is -2.26. The molecule has 0 spiro atoms. The zero-order chi connectivity index (χ0) is 15.7. The van der Waals surface area contributed by atoms with Gasteiger partial charge in [-0.15, -0.1) is 0 Å². The van der Waals surface area contributed by atoms with E-state index in [1.807, 2.05) is 0 Å². The fourth-order valence-corrected chi connectivity index (χ4v) is 3.51. The first-order valence-electron chi connectivity index (χ1n) is 8.63. The van der Waals surface area contributed by atoms with E-state index in [-0.39, 0.29) is 24.0 Å². The first-order valence-corrected chi connectivity index (χ1v) is 8.63. The number of aliphatic hydroxyl groups excluding tert-OH is 1. The summed E-state index contributed by atoms with van der Waals surface area (Å²) in [4.78, 5) is 12.3. The van der Waals surface area contributed by atoms with Crippen LogP contribution in [0.1, 0.15) is 68.9 Å². The number of nitrogens with one attached hydrogen (secondary N) is 1. The van der Waals surface area contributed by atoms with Crippen LogP contribution >= 0.6 is 0 Å². The molecule has 3 rings (SSSR count). The standard InChI is InChI=1S/C19H27NO2/c1-12(2)13-3-5-14(6-4-13)17-11-18(17)19(22)20-15-7-9-16(21)10-8-15/h3-6,12,15-18,21H,7-11H2,1-2H3,(H,20,22). The van der Waals surface area contributed by atoms with Gasteiger partial charge in [-0.1, -0.05) is 38.1 Å². The van der Waals surface area contributed by atoms with Gasteiger partial charge in [0.05, 0.1) is 6.10 Å². The molecule has 0 aromatic heterocycles. The van der Waals surface area contributed by atoms with Crippen LogP contribution in [0, 0.1) is 5.92 Å². The minimum Gasteiger partial charge on any atom is -0.393 e. The van der Waals surface area contributed by atoms with Crippen LogP contribution in [0.25, 0.3) is 0 Å². The lowest BCUT2D eigenvalue weighted by Crippen LogP contribution is -2.39. The summed E-state index contributed by atoms with van der Waals surface area (Å²) >= 11 is 0. The molecule has 120 valence electrons. The van der Waals surface area contributed by atoms with Gasteiger partial charge in [-0.3, -0.25) is 4.79 Å². The van der Waals surface area contributed by atoms with Crippen LogP contribution in [0.3, 0.4) is 0 Å². The van der Waals surface area contributed by atoms with E-state index in [1.54, 1.807) is 0 Å². The zero-order valence-corrected chi connectivity index (χ0v) is 13.6. The van der Waals surface area contributed by atoms with E-state index in [2.05, 4.69) is 43.4 Å². The Balaban J connectivity index is 1.51. The van der Waals surface area contributed by atoms with Crippen molar-refractivity contribution in [1.82, 2.24) is 5.32 Å². The third kappa shape index (κ3) is 3.52. The number of hydrogen-bond acceptors (Lipinski definition) is 2. The van der Waals surface area contributed by atoms with Crippen molar-refractivity contribution < 1.29 is 9.90 Å². The maximum atomic E-state index is 12.3. The van der Waals surface area contributed by atoms with Crippen molar-refractivity contribution >= 4 is 5.91 Å². The van der Waals surface area contributed by atoms with E-state index < -0.39 is 0 Å². The largest absolute Gasteiger partial charge is 0.393 e. The summed E-state index contributed by atoms with van der Waals surface area (Å²) in [6, 6.07) is 9.01. The average Bonchev–Trinajstić information content (AvgIpc) is 3.30. The molecule has 1 amide bonds. The Hall–Kier alpha value is -1.35. The fraction of sp³-hybridized carbons (Fsp3) is 0.632. The van der Waals surface area contributed by atoms with Gasteiger partial charge < -0.3 is 10.4 Å². The van der Waals surface area contributed by atoms with Crippen LogP contribution in [0.15, 0.2) is 24.3 Å². The van der Waals surface area contributed by atoms with Gasteiger partial charge in [-0.25, -0.2) is 0 Å². The molecule has 2 atom stereocenters. The Morgan fingerprint density at radius 2 is 1.77 bits per heavy atom. The Morgan fingerprint density at radius 3 is 2.36 bits per heavy atom. The molecule has 3 heteroatoms. The SMILES string of the molecule is CC(C)c1ccc(C2CC2C(=O)NC2CCC(O)CC2)cc1. The van der Waals surface area contributed by atoms with Crippen LogP contribution in [0.5, 0.6) is 0 Å². The van der Waals surface area contributed by atoms with Gasteiger partial charge in [-0.2, -0.15) is 0 Å². The van der Waals surface area contributed by atoms with E-state index in [0.717, 1.165) is 32.1 Å². The Kier molecular flexibility index (Phi) is 4.53. The molecule has 0 bridgehead atoms. The van der Waals surface area contributed by atoms with Crippen molar-refractivity contribution in [2.45, 2.75) is 69.9 Å². The number of benzene rings is 1. The molecule has 22 heavy (non-hydrogen) atoms. The summed E-state index contributed by atoms with van der Waals surface area (Å²) in [7, 11) is 0. The van der Waals surface area contributed by atoms with Crippen molar-refractivity contribution in [3.05, 3.63) is 35.4 Å². The van der Waals surface area contributed by atoms with Crippen molar-refractivity contribution in [3.8, 4) is 0 Å². The van der Waals surface area contributed by atoms with Gasteiger partial charge in [0, 0.05) is 12.0 Å². The maximum Gasteiger partial charge on any atom is 0.223 e. The predicted octanol–water partition coefficient (Wildman–Crippen LogP) is 3.33. The third-order valence-corrected chi connectivity index (χ3v) is 5.20. The van der Waals surface area contributed by atoms with E-state index >= 15 is 0 Å². The minimum atomic E-state index is -0.165. The normalized spacial score (nSPS) is 31.1. The molecule has 0 radical (unpaired) electrons. The summed E-state index contributed by atoms with van der Waals surface area (Å²) in [5.74, 6) is 1.31. The number of amides is 1. The summed E-state index contributed by atoms with van der Waals surface area (Å²) in [6.07, 6.45) is 4.26. The number of aliphatic hydroxyl groups is 1. The molecule has 0 saturated heterocycles. The maximum absolute atomic E-state index is 12.3. The van der Waals surface area contributed by atoms with Gasteiger partial charge >= 0.3 is 0 Å². The molecule has 2 aliphatic carbocycles. The van der Waals surface area contributed by atoms with Crippen molar-refractivity contribution in [1.29, 1.82) is 0 Å². The Bertz CT molecular complexity index is 515. The van der Waals surface area contributed by atoms with Crippen LogP contribution in [-0.2, 0) is 4.79 Å². The monoisotopic (exact) mass is 301 g/mol. The lowest BCUT2D eigenvalue weighted by atomic mass is 9.93. The molecule has 1 aromatic rings. The van der Waals surface area contributed by atoms with Crippen LogP contribution in [-0.4, -0.2) is 23.2 Å². The summed E-state index contributed by atoms with van der Waals surface area (Å²) < 4.78 is 0. The Labute approximate surface area is 133 Å². The molecular formula is C19H27NO2.